The summed E-state index contributed by atoms with van der Waals surface area (Å²) in [4.78, 5) is 13.3. The second kappa shape index (κ2) is 6.74. The van der Waals surface area contributed by atoms with Gasteiger partial charge < -0.3 is 9.47 Å². The summed E-state index contributed by atoms with van der Waals surface area (Å²) in [5.74, 6) is 1.05. The monoisotopic (exact) mass is 327 g/mol. The molecule has 0 spiro atoms. The molecular formula is C19H18FNO3. The number of pyridine rings is 1. The van der Waals surface area contributed by atoms with Crippen LogP contribution in [-0.4, -0.2) is 18.5 Å². The highest BCUT2D eigenvalue weighted by atomic mass is 19.2. The normalized spacial score (nSPS) is 10.8. The molecule has 0 saturated heterocycles. The number of aromatic nitrogens is 1. The van der Waals surface area contributed by atoms with Gasteiger partial charge in [-0.15, -0.1) is 0 Å². The third kappa shape index (κ3) is 2.85. The van der Waals surface area contributed by atoms with Gasteiger partial charge >= 0.3 is 0 Å². The standard InChI is InChI=1S/C19H18FNO3/c1-3-11-24-17-6-4-5-15-18(17)21(20)12-16(19(15)22)13-7-9-14(23-2)10-8-13/h4-10,12H,3,11H2,1-2H3. The van der Waals surface area contributed by atoms with Gasteiger partial charge in [0.1, 0.15) is 17.0 Å². The van der Waals surface area contributed by atoms with Crippen LogP contribution in [-0.2, 0) is 0 Å². The Morgan fingerprint density at radius 2 is 1.88 bits per heavy atom. The molecule has 0 atom stereocenters. The minimum atomic E-state index is -0.231. The summed E-state index contributed by atoms with van der Waals surface area (Å²) in [6.07, 6.45) is 2.00. The van der Waals surface area contributed by atoms with Gasteiger partial charge in [-0.2, -0.15) is 4.79 Å². The average molecular weight is 327 g/mol. The number of methoxy groups -OCH3 is 1. The summed E-state index contributed by atoms with van der Waals surface area (Å²) in [6.45, 7) is 2.43. The molecule has 0 aliphatic heterocycles. The Kier molecular flexibility index (Phi) is 4.51. The first kappa shape index (κ1) is 16.1. The molecule has 0 N–H and O–H groups in total. The summed E-state index contributed by atoms with van der Waals surface area (Å²) >= 11 is 0. The zero-order chi connectivity index (χ0) is 17.1. The smallest absolute Gasteiger partial charge is 0.197 e. The molecule has 0 unspecified atom stereocenters. The Morgan fingerprint density at radius 1 is 1.12 bits per heavy atom. The minimum absolute atomic E-state index is 0.160. The molecule has 0 aliphatic carbocycles. The summed E-state index contributed by atoms with van der Waals surface area (Å²) in [5.41, 5.74) is 0.855. The van der Waals surface area contributed by atoms with Gasteiger partial charge in [0.05, 0.1) is 25.3 Å². The molecule has 24 heavy (non-hydrogen) atoms. The first-order valence-electron chi connectivity index (χ1n) is 7.77. The van der Waals surface area contributed by atoms with Gasteiger partial charge in [-0.05, 0) is 36.2 Å². The number of hydrogen-bond donors (Lipinski definition) is 0. The van der Waals surface area contributed by atoms with E-state index in [4.69, 9.17) is 9.47 Å². The SMILES string of the molecule is CCCOc1cccc2c(=O)c(-c3ccc(OC)cc3)cn(F)c12. The van der Waals surface area contributed by atoms with Gasteiger partial charge in [-0.25, -0.2) is 0 Å². The molecule has 0 aliphatic rings. The number of hydrogen-bond acceptors (Lipinski definition) is 3. The van der Waals surface area contributed by atoms with E-state index >= 15 is 0 Å². The molecule has 4 nitrogen and oxygen atoms in total. The second-order valence-electron chi connectivity index (χ2n) is 5.41. The first-order valence-corrected chi connectivity index (χ1v) is 7.77. The van der Waals surface area contributed by atoms with E-state index in [-0.39, 0.29) is 10.9 Å². The fourth-order valence-corrected chi connectivity index (χ4v) is 2.61. The molecule has 3 aromatic rings. The number of nitrogens with zero attached hydrogens (tertiary/aromatic N) is 1. The van der Waals surface area contributed by atoms with Crippen molar-refractivity contribution < 1.29 is 14.0 Å². The Labute approximate surface area is 139 Å². The Morgan fingerprint density at radius 3 is 2.54 bits per heavy atom. The van der Waals surface area contributed by atoms with Crippen molar-refractivity contribution >= 4 is 10.9 Å². The number of halogens is 1. The number of para-hydroxylation sites is 1. The molecule has 0 radical (unpaired) electrons. The van der Waals surface area contributed by atoms with Crippen LogP contribution in [0.2, 0.25) is 0 Å². The number of benzene rings is 2. The third-order valence-corrected chi connectivity index (χ3v) is 3.81. The van der Waals surface area contributed by atoms with Crippen molar-refractivity contribution in [2.45, 2.75) is 13.3 Å². The zero-order valence-corrected chi connectivity index (χ0v) is 13.6. The molecular weight excluding hydrogens is 309 g/mol. The maximum Gasteiger partial charge on any atom is 0.197 e. The highest BCUT2D eigenvalue weighted by Crippen LogP contribution is 2.27. The van der Waals surface area contributed by atoms with Crippen LogP contribution in [0.25, 0.3) is 22.0 Å². The Balaban J connectivity index is 2.18. The lowest BCUT2D eigenvalue weighted by atomic mass is 10.0. The van der Waals surface area contributed by atoms with Crippen molar-refractivity contribution in [3.63, 3.8) is 0 Å². The lowest BCUT2D eigenvalue weighted by molar-refractivity contribution is 0.312. The van der Waals surface area contributed by atoms with Crippen molar-refractivity contribution in [2.24, 2.45) is 0 Å². The molecule has 0 saturated carbocycles. The Bertz CT molecular complexity index is 916. The fraction of sp³-hybridized carbons (Fsp3) is 0.211. The maximum absolute atomic E-state index is 14.6. The van der Waals surface area contributed by atoms with E-state index in [0.717, 1.165) is 6.42 Å². The van der Waals surface area contributed by atoms with Crippen LogP contribution in [0.1, 0.15) is 13.3 Å². The summed E-state index contributed by atoms with van der Waals surface area (Å²) in [7, 11) is 1.57. The van der Waals surface area contributed by atoms with E-state index in [1.54, 1.807) is 49.6 Å². The van der Waals surface area contributed by atoms with Gasteiger partial charge in [-0.1, -0.05) is 29.6 Å². The quantitative estimate of drug-likeness (QED) is 0.705. The molecule has 3 rings (SSSR count). The lowest BCUT2D eigenvalue weighted by Crippen LogP contribution is -2.10. The van der Waals surface area contributed by atoms with E-state index in [1.165, 1.54) is 6.20 Å². The van der Waals surface area contributed by atoms with Gasteiger partial charge in [0.15, 0.2) is 5.43 Å². The van der Waals surface area contributed by atoms with Gasteiger partial charge in [0.25, 0.3) is 0 Å². The van der Waals surface area contributed by atoms with Crippen molar-refractivity contribution in [3.8, 4) is 22.6 Å². The van der Waals surface area contributed by atoms with Crippen LogP contribution in [0.15, 0.2) is 53.5 Å². The van der Waals surface area contributed by atoms with E-state index in [0.29, 0.717) is 39.4 Å². The van der Waals surface area contributed by atoms with E-state index < -0.39 is 0 Å². The third-order valence-electron chi connectivity index (χ3n) is 3.81. The van der Waals surface area contributed by atoms with Crippen molar-refractivity contribution in [3.05, 3.63) is 58.9 Å². The molecule has 0 bridgehead atoms. The number of fused-ring (bicyclic) bond motifs is 1. The largest absolute Gasteiger partial charge is 0.497 e. The summed E-state index contributed by atoms with van der Waals surface area (Å²) < 4.78 is 25.3. The molecule has 0 amide bonds. The summed E-state index contributed by atoms with van der Waals surface area (Å²) in [6, 6.07) is 11.9. The maximum atomic E-state index is 14.6. The van der Waals surface area contributed by atoms with Crippen LogP contribution < -0.4 is 14.9 Å². The van der Waals surface area contributed by atoms with Crippen LogP contribution in [0.4, 0.5) is 4.48 Å². The highest BCUT2D eigenvalue weighted by Gasteiger charge is 2.14. The second-order valence-corrected chi connectivity index (χ2v) is 5.41. The van der Waals surface area contributed by atoms with E-state index in [2.05, 4.69) is 0 Å². The molecule has 0 fully saturated rings. The topological polar surface area (TPSA) is 40.5 Å². The molecule has 1 aromatic heterocycles. The average Bonchev–Trinajstić information content (AvgIpc) is 2.62. The zero-order valence-electron chi connectivity index (χ0n) is 13.6. The summed E-state index contributed by atoms with van der Waals surface area (Å²) in [5, 5.41) is 0.291. The van der Waals surface area contributed by atoms with Gasteiger partial charge in [0, 0.05) is 5.56 Å². The molecule has 5 heteroatoms. The molecule has 2 aromatic carbocycles. The number of ether oxygens (including phenoxy) is 2. The highest BCUT2D eigenvalue weighted by molar-refractivity contribution is 5.88. The predicted octanol–water partition coefficient (Wildman–Crippen LogP) is 4.20. The van der Waals surface area contributed by atoms with Crippen molar-refractivity contribution in [1.29, 1.82) is 0 Å². The fourth-order valence-electron chi connectivity index (χ4n) is 2.61. The van der Waals surface area contributed by atoms with Crippen LogP contribution in [0.5, 0.6) is 11.5 Å². The minimum Gasteiger partial charge on any atom is -0.497 e. The lowest BCUT2D eigenvalue weighted by Gasteiger charge is -2.11. The van der Waals surface area contributed by atoms with Crippen LogP contribution >= 0.6 is 0 Å². The van der Waals surface area contributed by atoms with E-state index in [1.807, 2.05) is 6.92 Å². The van der Waals surface area contributed by atoms with Crippen LogP contribution in [0, 0.1) is 0 Å². The van der Waals surface area contributed by atoms with Crippen LogP contribution in [0.3, 0.4) is 0 Å². The van der Waals surface area contributed by atoms with Gasteiger partial charge in [0.2, 0.25) is 0 Å². The van der Waals surface area contributed by atoms with Crippen molar-refractivity contribution in [2.75, 3.05) is 13.7 Å². The molecule has 1 heterocycles. The number of rotatable bonds is 5. The first-order chi connectivity index (χ1) is 11.7. The van der Waals surface area contributed by atoms with Gasteiger partial charge in [-0.3, -0.25) is 4.79 Å². The Hall–Kier alpha value is -2.82. The van der Waals surface area contributed by atoms with Crippen molar-refractivity contribution in [1.82, 2.24) is 4.79 Å². The van der Waals surface area contributed by atoms with E-state index in [9.17, 15) is 9.28 Å². The molecule has 124 valence electrons. The predicted molar refractivity (Wildman–Crippen MR) is 92.5 cm³/mol.